The Hall–Kier alpha value is -0.610. The number of esters is 1. The maximum absolute atomic E-state index is 11.6. The van der Waals surface area contributed by atoms with Crippen LogP contribution in [0.25, 0.3) is 0 Å². The summed E-state index contributed by atoms with van der Waals surface area (Å²) in [7, 11) is 0. The van der Waals surface area contributed by atoms with Crippen LogP contribution in [0.5, 0.6) is 0 Å². The van der Waals surface area contributed by atoms with Gasteiger partial charge >= 0.3 is 5.97 Å². The summed E-state index contributed by atoms with van der Waals surface area (Å²) in [5.74, 6) is 2.39. The lowest BCUT2D eigenvalue weighted by Crippen LogP contribution is -2.55. The molecule has 1 aliphatic heterocycles. The largest absolute Gasteiger partial charge is 0.463 e. The average Bonchev–Trinajstić information content (AvgIpc) is 3.42. The maximum atomic E-state index is 11.6. The van der Waals surface area contributed by atoms with Gasteiger partial charge in [0.25, 0.3) is 0 Å². The van der Waals surface area contributed by atoms with E-state index in [0.717, 1.165) is 31.6 Å². The highest BCUT2D eigenvalue weighted by Crippen LogP contribution is 2.86. The number of hydrogen-bond acceptors (Lipinski definition) is 4. The zero-order valence-electron chi connectivity index (χ0n) is 23.6. The molecule has 0 aromatic carbocycles. The molecule has 5 fully saturated rings. The molecule has 4 saturated carbocycles. The van der Waals surface area contributed by atoms with Gasteiger partial charge in [-0.1, -0.05) is 47.5 Å². The van der Waals surface area contributed by atoms with Crippen LogP contribution in [0.1, 0.15) is 119 Å². The molecule has 4 nitrogen and oxygen atoms in total. The highest BCUT2D eigenvalue weighted by Gasteiger charge is 2.79. The molecule has 2 spiro atoms. The van der Waals surface area contributed by atoms with Crippen LogP contribution < -0.4 is 0 Å². The first-order chi connectivity index (χ1) is 16.3. The zero-order chi connectivity index (χ0) is 25.4. The molecule has 1 saturated heterocycles. The van der Waals surface area contributed by atoms with Crippen LogP contribution in [0.4, 0.5) is 0 Å². The van der Waals surface area contributed by atoms with E-state index in [1.54, 1.807) is 0 Å². The van der Waals surface area contributed by atoms with Crippen molar-refractivity contribution >= 4 is 5.97 Å². The summed E-state index contributed by atoms with van der Waals surface area (Å²) in [5.41, 5.74) is 0.962. The fourth-order valence-corrected chi connectivity index (χ4v) is 11.1. The predicted octanol–water partition coefficient (Wildman–Crippen LogP) is 6.92. The predicted molar refractivity (Wildman–Crippen MR) is 139 cm³/mol. The lowest BCUT2D eigenvalue weighted by molar-refractivity contribution is -0.207. The van der Waals surface area contributed by atoms with Crippen LogP contribution >= 0.6 is 0 Å². The van der Waals surface area contributed by atoms with Crippen molar-refractivity contribution in [2.45, 2.75) is 137 Å². The van der Waals surface area contributed by atoms with Gasteiger partial charge in [-0.25, -0.2) is 0 Å². The molecule has 1 N–H and O–H groups in total. The molecule has 0 aromatic rings. The molecule has 0 aromatic heterocycles. The quantitative estimate of drug-likeness (QED) is 0.427. The number of aliphatic hydroxyl groups excluding tert-OH is 1. The van der Waals surface area contributed by atoms with Crippen LogP contribution in [-0.4, -0.2) is 35.5 Å². The van der Waals surface area contributed by atoms with Crippen molar-refractivity contribution in [3.05, 3.63) is 0 Å². The summed E-state index contributed by atoms with van der Waals surface area (Å²) >= 11 is 0. The van der Waals surface area contributed by atoms with Gasteiger partial charge < -0.3 is 14.6 Å². The van der Waals surface area contributed by atoms with E-state index < -0.39 is 0 Å². The third-order valence-corrected chi connectivity index (χ3v) is 12.5. The third-order valence-electron chi connectivity index (χ3n) is 12.5. The van der Waals surface area contributed by atoms with Gasteiger partial charge in [-0.2, -0.15) is 0 Å². The number of hydrogen-bond donors (Lipinski definition) is 1. The normalized spacial score (nSPS) is 52.6. The van der Waals surface area contributed by atoms with E-state index in [-0.39, 0.29) is 29.2 Å². The average molecular weight is 489 g/mol. The summed E-state index contributed by atoms with van der Waals surface area (Å²) in [4.78, 5) is 11.6. The van der Waals surface area contributed by atoms with Crippen molar-refractivity contribution in [1.29, 1.82) is 0 Å². The first-order valence-corrected chi connectivity index (χ1v) is 14.8. The van der Waals surface area contributed by atoms with Gasteiger partial charge in [0.15, 0.2) is 0 Å². The van der Waals surface area contributed by atoms with Gasteiger partial charge in [0.2, 0.25) is 0 Å². The van der Waals surface area contributed by atoms with Crippen LogP contribution in [0.3, 0.4) is 0 Å². The minimum Gasteiger partial charge on any atom is -0.463 e. The Labute approximate surface area is 214 Å². The van der Waals surface area contributed by atoms with Gasteiger partial charge in [0.1, 0.15) is 12.2 Å². The summed E-state index contributed by atoms with van der Waals surface area (Å²) in [6, 6.07) is 0. The van der Waals surface area contributed by atoms with Gasteiger partial charge in [-0.15, -0.1) is 0 Å². The maximum Gasteiger partial charge on any atom is 0.302 e. The minimum atomic E-state index is -0.383. The lowest BCUT2D eigenvalue weighted by Gasteiger charge is -2.60. The van der Waals surface area contributed by atoms with Crippen molar-refractivity contribution in [3.63, 3.8) is 0 Å². The smallest absolute Gasteiger partial charge is 0.302 e. The topological polar surface area (TPSA) is 55.8 Å². The molecule has 35 heavy (non-hydrogen) atoms. The van der Waals surface area contributed by atoms with Crippen LogP contribution in [0, 0.1) is 45.3 Å². The molecular weight excluding hydrogens is 436 g/mol. The Kier molecular flexibility index (Phi) is 6.28. The molecule has 4 heteroatoms. The van der Waals surface area contributed by atoms with E-state index in [4.69, 9.17) is 9.47 Å². The number of carbonyl (C=O) groups excluding carboxylic acids is 1. The van der Waals surface area contributed by atoms with E-state index >= 15 is 0 Å². The lowest BCUT2D eigenvalue weighted by atomic mass is 9.46. The molecule has 0 amide bonds. The van der Waals surface area contributed by atoms with Gasteiger partial charge in [-0.3, -0.25) is 4.79 Å². The molecule has 1 heterocycles. The fraction of sp³-hybridized carbons (Fsp3) is 0.968. The van der Waals surface area contributed by atoms with Gasteiger partial charge in [-0.05, 0) is 110 Å². The number of ether oxygens (including phenoxy) is 2. The summed E-state index contributed by atoms with van der Waals surface area (Å²) in [5, 5.41) is 10.9. The summed E-state index contributed by atoms with van der Waals surface area (Å²) in [6.07, 6.45) is 13.7. The second-order valence-electron chi connectivity index (χ2n) is 14.9. The van der Waals surface area contributed by atoms with Crippen molar-refractivity contribution in [3.8, 4) is 0 Å². The van der Waals surface area contributed by atoms with E-state index in [0.29, 0.717) is 40.6 Å². The second kappa shape index (κ2) is 8.45. The van der Waals surface area contributed by atoms with E-state index in [1.165, 1.54) is 51.9 Å². The molecule has 5 rings (SSSR count). The number of aliphatic hydroxyl groups is 1. The molecule has 5 aliphatic rings. The summed E-state index contributed by atoms with van der Waals surface area (Å²) < 4.78 is 12.4. The highest BCUT2D eigenvalue weighted by molar-refractivity contribution is 5.65. The van der Waals surface area contributed by atoms with Crippen molar-refractivity contribution in [1.82, 2.24) is 0 Å². The Morgan fingerprint density at radius 1 is 1.03 bits per heavy atom. The van der Waals surface area contributed by atoms with Gasteiger partial charge in [0, 0.05) is 6.92 Å². The van der Waals surface area contributed by atoms with E-state index in [2.05, 4.69) is 41.5 Å². The van der Waals surface area contributed by atoms with E-state index in [1.807, 2.05) is 0 Å². The summed E-state index contributed by atoms with van der Waals surface area (Å²) in [6.45, 7) is 16.0. The molecule has 0 radical (unpaired) electrons. The third kappa shape index (κ3) is 3.85. The monoisotopic (exact) mass is 488 g/mol. The molecule has 10 atom stereocenters. The molecule has 200 valence electrons. The Bertz CT molecular complexity index is 838. The van der Waals surface area contributed by atoms with E-state index in [9.17, 15) is 9.90 Å². The Morgan fingerprint density at radius 3 is 2.40 bits per heavy atom. The fourth-order valence-electron chi connectivity index (χ4n) is 11.1. The van der Waals surface area contributed by atoms with Gasteiger partial charge in [0.05, 0.1) is 12.2 Å². The zero-order valence-corrected chi connectivity index (χ0v) is 23.6. The molecule has 10 unspecified atom stereocenters. The Balaban J connectivity index is 1.39. The van der Waals surface area contributed by atoms with Crippen molar-refractivity contribution in [2.24, 2.45) is 45.3 Å². The Morgan fingerprint density at radius 2 is 1.71 bits per heavy atom. The number of carbonyl (C=O) groups is 1. The SMILES string of the molecule is CCC1C(C)CC(C)(COC(C)=O)OC1CC1(C)CCCC23CC24CCC(O)C(C)(C)C4CCC13. The standard InChI is InChI=1S/C31H52O4/c1-8-22-20(2)16-29(7,19-34-21(3)32)35-23(22)17-28(6)13-9-14-30-18-31(30)15-12-26(33)27(4,5)24(31)10-11-25(28)30/h20,22-26,33H,8-19H2,1-7H3. The molecule has 4 aliphatic carbocycles. The van der Waals surface area contributed by atoms with Crippen molar-refractivity contribution < 1.29 is 19.4 Å². The molecular formula is C31H52O4. The second-order valence-corrected chi connectivity index (χ2v) is 14.9. The van der Waals surface area contributed by atoms with Crippen LogP contribution in [0.2, 0.25) is 0 Å². The first kappa shape index (κ1) is 26.0. The van der Waals surface area contributed by atoms with Crippen LogP contribution in [0.15, 0.2) is 0 Å². The van der Waals surface area contributed by atoms with Crippen molar-refractivity contribution in [2.75, 3.05) is 6.61 Å². The molecule has 0 bridgehead atoms. The number of rotatable bonds is 5. The highest BCUT2D eigenvalue weighted by atomic mass is 16.6. The van der Waals surface area contributed by atoms with Crippen LogP contribution in [-0.2, 0) is 14.3 Å². The first-order valence-electron chi connectivity index (χ1n) is 14.8. The minimum absolute atomic E-state index is 0.0499.